The van der Waals surface area contributed by atoms with Crippen molar-refractivity contribution in [1.29, 1.82) is 0 Å². The Morgan fingerprint density at radius 3 is 2.91 bits per heavy atom. The normalized spacial score (nSPS) is 11.5. The lowest BCUT2D eigenvalue weighted by molar-refractivity contribution is 0.474. The van der Waals surface area contributed by atoms with Gasteiger partial charge in [-0.1, -0.05) is 12.1 Å². The molecule has 0 unspecified atom stereocenters. The zero-order valence-corrected chi connectivity index (χ0v) is 13.8. The van der Waals surface area contributed by atoms with Crippen LogP contribution in [0.4, 0.5) is 0 Å². The number of hydrogen-bond acceptors (Lipinski definition) is 4. The Hall–Kier alpha value is -2.08. The molecule has 22 heavy (non-hydrogen) atoms. The number of nitrogens with zero attached hydrogens (tertiary/aromatic N) is 2. The first-order chi connectivity index (χ1) is 10.7. The predicted octanol–water partition coefficient (Wildman–Crippen LogP) is 2.45. The van der Waals surface area contributed by atoms with Crippen molar-refractivity contribution >= 4 is 17.3 Å². The minimum absolute atomic E-state index is 0.303. The van der Waals surface area contributed by atoms with Crippen LogP contribution in [-0.2, 0) is 13.0 Å². The first-order valence-electron chi connectivity index (χ1n) is 7.38. The van der Waals surface area contributed by atoms with Crippen molar-refractivity contribution < 1.29 is 5.11 Å². The number of phenols is 1. The van der Waals surface area contributed by atoms with E-state index in [4.69, 9.17) is 0 Å². The number of aromatic nitrogens is 1. The van der Waals surface area contributed by atoms with Crippen molar-refractivity contribution in [2.45, 2.75) is 26.8 Å². The van der Waals surface area contributed by atoms with E-state index in [1.54, 1.807) is 23.5 Å². The summed E-state index contributed by atoms with van der Waals surface area (Å²) in [4.78, 5) is 10.1. The number of benzene rings is 1. The maximum Gasteiger partial charge on any atom is 0.191 e. The smallest absolute Gasteiger partial charge is 0.191 e. The topological polar surface area (TPSA) is 69.5 Å². The van der Waals surface area contributed by atoms with Crippen LogP contribution in [-0.4, -0.2) is 29.1 Å². The van der Waals surface area contributed by atoms with E-state index >= 15 is 0 Å². The van der Waals surface area contributed by atoms with Crippen LogP contribution >= 0.6 is 11.3 Å². The summed E-state index contributed by atoms with van der Waals surface area (Å²) in [6.45, 7) is 6.24. The van der Waals surface area contributed by atoms with Crippen molar-refractivity contribution in [2.24, 2.45) is 4.99 Å². The molecule has 5 nitrogen and oxygen atoms in total. The molecule has 0 radical (unpaired) electrons. The molecular formula is C16H22N4OS. The van der Waals surface area contributed by atoms with Crippen LogP contribution in [0.3, 0.4) is 0 Å². The molecule has 0 atom stereocenters. The molecule has 0 amide bonds. The number of rotatable bonds is 6. The highest BCUT2D eigenvalue weighted by molar-refractivity contribution is 7.11. The number of phenolic OH excluding ortho intramolecular Hbond substituents is 1. The lowest BCUT2D eigenvalue weighted by atomic mass is 10.1. The van der Waals surface area contributed by atoms with E-state index in [9.17, 15) is 5.11 Å². The van der Waals surface area contributed by atoms with Gasteiger partial charge in [-0.25, -0.2) is 9.98 Å². The van der Waals surface area contributed by atoms with E-state index in [1.165, 1.54) is 4.88 Å². The molecule has 2 rings (SSSR count). The number of guanidine groups is 1. The molecule has 1 heterocycles. The number of aliphatic imine (C=N–C) groups is 1. The molecule has 0 aliphatic carbocycles. The average Bonchev–Trinajstić information content (AvgIpc) is 2.90. The molecule has 1 aromatic heterocycles. The van der Waals surface area contributed by atoms with Gasteiger partial charge in [-0.05, 0) is 38.0 Å². The van der Waals surface area contributed by atoms with Gasteiger partial charge in [0.15, 0.2) is 5.96 Å². The Labute approximate surface area is 135 Å². The second kappa shape index (κ2) is 8.38. The lowest BCUT2D eigenvalue weighted by Crippen LogP contribution is -2.38. The molecular weight excluding hydrogens is 296 g/mol. The molecule has 2 aromatic rings. The highest BCUT2D eigenvalue weighted by Gasteiger charge is 2.01. The van der Waals surface area contributed by atoms with Gasteiger partial charge in [0.05, 0.1) is 6.54 Å². The second-order valence-corrected chi connectivity index (χ2v) is 6.23. The number of nitrogens with one attached hydrogen (secondary N) is 2. The summed E-state index contributed by atoms with van der Waals surface area (Å²) in [6, 6.07) is 7.32. The summed E-state index contributed by atoms with van der Waals surface area (Å²) in [5.41, 5.74) is 1.10. The standard InChI is InChI=1S/C16H22N4OS/c1-3-17-16(20-11-15-19-10-12(2)22-15)18-8-7-13-5-4-6-14(21)9-13/h4-6,9-10,21H,3,7-8,11H2,1-2H3,(H2,17,18,20). The van der Waals surface area contributed by atoms with Crippen molar-refractivity contribution in [3.05, 3.63) is 45.9 Å². The van der Waals surface area contributed by atoms with E-state index in [0.717, 1.165) is 36.0 Å². The minimum Gasteiger partial charge on any atom is -0.508 e. The van der Waals surface area contributed by atoms with Gasteiger partial charge in [-0.15, -0.1) is 11.3 Å². The number of hydrogen-bond donors (Lipinski definition) is 3. The van der Waals surface area contributed by atoms with Crippen molar-refractivity contribution in [1.82, 2.24) is 15.6 Å². The fourth-order valence-electron chi connectivity index (χ4n) is 2.00. The van der Waals surface area contributed by atoms with Gasteiger partial charge in [0, 0.05) is 24.2 Å². The molecule has 0 saturated carbocycles. The first kappa shape index (κ1) is 16.3. The molecule has 0 saturated heterocycles. The van der Waals surface area contributed by atoms with Gasteiger partial charge in [-0.3, -0.25) is 0 Å². The van der Waals surface area contributed by atoms with Crippen LogP contribution in [0.25, 0.3) is 0 Å². The maximum absolute atomic E-state index is 9.46. The van der Waals surface area contributed by atoms with E-state index in [0.29, 0.717) is 12.3 Å². The fourth-order valence-corrected chi connectivity index (χ4v) is 2.71. The molecule has 3 N–H and O–H groups in total. The summed E-state index contributed by atoms with van der Waals surface area (Å²) < 4.78 is 0. The van der Waals surface area contributed by atoms with E-state index in [2.05, 4.69) is 20.6 Å². The van der Waals surface area contributed by atoms with Gasteiger partial charge in [0.25, 0.3) is 0 Å². The maximum atomic E-state index is 9.46. The zero-order valence-electron chi connectivity index (χ0n) is 13.0. The number of thiazole rings is 1. The molecule has 0 bridgehead atoms. The highest BCUT2D eigenvalue weighted by Crippen LogP contribution is 2.12. The first-order valence-corrected chi connectivity index (χ1v) is 8.20. The largest absolute Gasteiger partial charge is 0.508 e. The van der Waals surface area contributed by atoms with Crippen LogP contribution < -0.4 is 10.6 Å². The molecule has 6 heteroatoms. The molecule has 0 spiro atoms. The van der Waals surface area contributed by atoms with Gasteiger partial charge >= 0.3 is 0 Å². The van der Waals surface area contributed by atoms with E-state index < -0.39 is 0 Å². The van der Waals surface area contributed by atoms with Crippen LogP contribution in [0.2, 0.25) is 0 Å². The van der Waals surface area contributed by atoms with Crippen LogP contribution in [0.5, 0.6) is 5.75 Å². The lowest BCUT2D eigenvalue weighted by Gasteiger charge is -2.11. The Morgan fingerprint density at radius 2 is 2.23 bits per heavy atom. The Morgan fingerprint density at radius 1 is 1.36 bits per heavy atom. The molecule has 118 valence electrons. The SMILES string of the molecule is CCNC(=NCc1ncc(C)s1)NCCc1cccc(O)c1. The average molecular weight is 318 g/mol. The van der Waals surface area contributed by atoms with Crippen LogP contribution in [0, 0.1) is 6.92 Å². The fraction of sp³-hybridized carbons (Fsp3) is 0.375. The van der Waals surface area contributed by atoms with Gasteiger partial charge in [-0.2, -0.15) is 0 Å². The third kappa shape index (κ3) is 5.37. The summed E-state index contributed by atoms with van der Waals surface area (Å²) in [7, 11) is 0. The minimum atomic E-state index is 0.303. The third-order valence-corrected chi connectivity index (χ3v) is 3.90. The highest BCUT2D eigenvalue weighted by atomic mass is 32.1. The van der Waals surface area contributed by atoms with E-state index in [1.807, 2.05) is 32.2 Å². The van der Waals surface area contributed by atoms with Crippen molar-refractivity contribution in [3.8, 4) is 5.75 Å². The summed E-state index contributed by atoms with van der Waals surface area (Å²) in [5.74, 6) is 1.09. The monoisotopic (exact) mass is 318 g/mol. The van der Waals surface area contributed by atoms with Crippen molar-refractivity contribution in [3.63, 3.8) is 0 Å². The third-order valence-electron chi connectivity index (χ3n) is 3.00. The van der Waals surface area contributed by atoms with Crippen LogP contribution in [0.1, 0.15) is 22.4 Å². The van der Waals surface area contributed by atoms with Crippen LogP contribution in [0.15, 0.2) is 35.5 Å². The van der Waals surface area contributed by atoms with E-state index in [-0.39, 0.29) is 0 Å². The van der Waals surface area contributed by atoms with Crippen molar-refractivity contribution in [2.75, 3.05) is 13.1 Å². The summed E-state index contributed by atoms with van der Waals surface area (Å²) >= 11 is 1.67. The molecule has 0 fully saturated rings. The summed E-state index contributed by atoms with van der Waals surface area (Å²) in [5, 5.41) is 17.0. The van der Waals surface area contributed by atoms with Gasteiger partial charge in [0.2, 0.25) is 0 Å². The van der Waals surface area contributed by atoms with Gasteiger partial charge < -0.3 is 15.7 Å². The molecule has 0 aliphatic heterocycles. The molecule has 0 aliphatic rings. The quantitative estimate of drug-likeness (QED) is 0.565. The Kier molecular flexibility index (Phi) is 6.21. The number of aromatic hydroxyl groups is 1. The summed E-state index contributed by atoms with van der Waals surface area (Å²) in [6.07, 6.45) is 2.70. The second-order valence-electron chi connectivity index (χ2n) is 4.91. The number of aryl methyl sites for hydroxylation is 1. The molecule has 1 aromatic carbocycles. The Balaban J connectivity index is 1.85. The Bertz CT molecular complexity index is 624. The van der Waals surface area contributed by atoms with Gasteiger partial charge in [0.1, 0.15) is 10.8 Å². The zero-order chi connectivity index (χ0) is 15.8. The predicted molar refractivity (Wildman–Crippen MR) is 91.5 cm³/mol.